The Kier molecular flexibility index (Phi) is 8.03. The maximum atomic E-state index is 12.0. The number of carbonyl (C=O) groups excluding carboxylic acids is 1. The zero-order valence-electron chi connectivity index (χ0n) is 10.7. The predicted molar refractivity (Wildman–Crippen MR) is 70.7 cm³/mol. The highest BCUT2D eigenvalue weighted by Gasteiger charge is 2.24. The molecule has 0 rings (SSSR count). The van der Waals surface area contributed by atoms with Crippen molar-refractivity contribution in [1.82, 2.24) is 4.90 Å². The van der Waals surface area contributed by atoms with Crippen molar-refractivity contribution in [3.05, 3.63) is 0 Å². The molecular weight excluding hydrogens is 240 g/mol. The molecule has 0 aliphatic carbocycles. The van der Waals surface area contributed by atoms with Crippen LogP contribution in [0.15, 0.2) is 0 Å². The summed E-state index contributed by atoms with van der Waals surface area (Å²) in [6.07, 6.45) is 0. The first-order valence-corrected chi connectivity index (χ1v) is 6.11. The summed E-state index contributed by atoms with van der Waals surface area (Å²) in [5.74, 6) is -0.537. The highest BCUT2D eigenvalue weighted by atomic mass is 32.1. The van der Waals surface area contributed by atoms with E-state index in [-0.39, 0.29) is 30.2 Å². The van der Waals surface area contributed by atoms with Gasteiger partial charge in [0.15, 0.2) is 0 Å². The number of amides is 1. The summed E-state index contributed by atoms with van der Waals surface area (Å²) in [7, 11) is 0. The number of nitrogens with zero attached hydrogens (tertiary/aromatic N) is 1. The average Bonchev–Trinajstić information content (AvgIpc) is 2.26. The van der Waals surface area contributed by atoms with E-state index in [1.165, 1.54) is 0 Å². The van der Waals surface area contributed by atoms with Gasteiger partial charge in [0, 0.05) is 12.6 Å². The van der Waals surface area contributed by atoms with Gasteiger partial charge in [-0.1, -0.05) is 12.2 Å². The molecule has 0 spiro atoms. The van der Waals surface area contributed by atoms with E-state index in [9.17, 15) is 4.79 Å². The fraction of sp³-hybridized carbons (Fsp3) is 0.818. The summed E-state index contributed by atoms with van der Waals surface area (Å²) in [6.45, 7) is 6.70. The highest BCUT2D eigenvalue weighted by Crippen LogP contribution is 2.07. The van der Waals surface area contributed by atoms with Gasteiger partial charge in [0.05, 0.1) is 30.7 Å². The maximum Gasteiger partial charge on any atom is 0.232 e. The molecule has 100 valence electrons. The molecule has 0 aromatic heterocycles. The van der Waals surface area contributed by atoms with Crippen LogP contribution < -0.4 is 5.73 Å². The molecule has 0 aliphatic heterocycles. The average molecular weight is 262 g/mol. The highest BCUT2D eigenvalue weighted by molar-refractivity contribution is 7.80. The van der Waals surface area contributed by atoms with Gasteiger partial charge >= 0.3 is 0 Å². The second kappa shape index (κ2) is 8.38. The van der Waals surface area contributed by atoms with Crippen LogP contribution in [0.2, 0.25) is 0 Å². The van der Waals surface area contributed by atoms with E-state index in [0.717, 1.165) is 0 Å². The first-order valence-electron chi connectivity index (χ1n) is 5.70. The van der Waals surface area contributed by atoms with Gasteiger partial charge in [0.1, 0.15) is 0 Å². The summed E-state index contributed by atoms with van der Waals surface area (Å²) in [5.41, 5.74) is 5.47. The fourth-order valence-corrected chi connectivity index (χ4v) is 1.42. The minimum Gasteiger partial charge on any atom is -0.394 e. The Bertz CT molecular complexity index is 259. The quantitative estimate of drug-likeness (QED) is 0.481. The molecule has 0 aromatic rings. The Morgan fingerprint density at radius 3 is 2.41 bits per heavy atom. The molecule has 0 fully saturated rings. The molecule has 1 atom stereocenters. The summed E-state index contributed by atoms with van der Waals surface area (Å²) < 4.78 is 5.15. The first kappa shape index (κ1) is 16.3. The number of nitrogens with two attached hydrogens (primary N) is 1. The van der Waals surface area contributed by atoms with Crippen molar-refractivity contribution < 1.29 is 14.6 Å². The zero-order valence-corrected chi connectivity index (χ0v) is 11.5. The maximum absolute atomic E-state index is 12.0. The van der Waals surface area contributed by atoms with E-state index in [0.29, 0.717) is 13.2 Å². The van der Waals surface area contributed by atoms with Crippen LogP contribution in [0, 0.1) is 5.92 Å². The van der Waals surface area contributed by atoms with Crippen molar-refractivity contribution >= 4 is 23.1 Å². The lowest BCUT2D eigenvalue weighted by atomic mass is 10.1. The second-order valence-corrected chi connectivity index (χ2v) is 4.56. The van der Waals surface area contributed by atoms with E-state index in [2.05, 4.69) is 0 Å². The third kappa shape index (κ3) is 5.95. The molecule has 0 aliphatic rings. The molecule has 0 saturated heterocycles. The van der Waals surface area contributed by atoms with Crippen LogP contribution in [0.1, 0.15) is 20.8 Å². The number of hydrogen-bond donors (Lipinski definition) is 2. The molecular formula is C11H22N2O3S. The van der Waals surface area contributed by atoms with Crippen molar-refractivity contribution in [2.75, 3.05) is 26.4 Å². The molecule has 0 heterocycles. The number of carbonyl (C=O) groups is 1. The van der Waals surface area contributed by atoms with E-state index in [4.69, 9.17) is 27.8 Å². The molecule has 0 aromatic carbocycles. The number of aliphatic hydroxyl groups is 1. The molecule has 1 amide bonds. The van der Waals surface area contributed by atoms with Crippen LogP contribution in [0.3, 0.4) is 0 Å². The molecule has 1 unspecified atom stereocenters. The first-order chi connectivity index (χ1) is 7.91. The lowest BCUT2D eigenvalue weighted by Gasteiger charge is -2.29. The normalized spacial score (nSPS) is 12.5. The minimum atomic E-state index is -0.453. The standard InChI is InChI=1S/C11H22N2O3S/c1-8(2)13(4-6-16-7-5-14)11(15)9(3)10(12)17/h8-9,14H,4-7H2,1-3H3,(H2,12,17). The van der Waals surface area contributed by atoms with E-state index >= 15 is 0 Å². The van der Waals surface area contributed by atoms with Crippen molar-refractivity contribution in [1.29, 1.82) is 0 Å². The van der Waals surface area contributed by atoms with Crippen LogP contribution in [0.4, 0.5) is 0 Å². The SMILES string of the molecule is CC(C(=O)N(CCOCCO)C(C)C)C(N)=S. The van der Waals surface area contributed by atoms with Gasteiger partial charge in [-0.25, -0.2) is 0 Å². The third-order valence-electron chi connectivity index (χ3n) is 2.42. The summed E-state index contributed by atoms with van der Waals surface area (Å²) in [6, 6.07) is 0.0667. The van der Waals surface area contributed by atoms with Gasteiger partial charge in [-0.05, 0) is 20.8 Å². The zero-order chi connectivity index (χ0) is 13.4. The number of hydrogen-bond acceptors (Lipinski definition) is 4. The summed E-state index contributed by atoms with van der Waals surface area (Å²) >= 11 is 4.82. The monoisotopic (exact) mass is 262 g/mol. The number of aliphatic hydroxyl groups excluding tert-OH is 1. The van der Waals surface area contributed by atoms with E-state index < -0.39 is 5.92 Å². The summed E-state index contributed by atoms with van der Waals surface area (Å²) in [5, 5.41) is 8.57. The van der Waals surface area contributed by atoms with Crippen LogP contribution in [-0.4, -0.2) is 53.3 Å². The molecule has 17 heavy (non-hydrogen) atoms. The fourth-order valence-electron chi connectivity index (χ4n) is 1.32. The van der Waals surface area contributed by atoms with Gasteiger partial charge in [-0.3, -0.25) is 4.79 Å². The van der Waals surface area contributed by atoms with Crippen molar-refractivity contribution in [3.8, 4) is 0 Å². The lowest BCUT2D eigenvalue weighted by molar-refractivity contribution is -0.135. The molecule has 0 radical (unpaired) electrons. The molecule has 5 nitrogen and oxygen atoms in total. The molecule has 3 N–H and O–H groups in total. The Labute approximate surface area is 108 Å². The van der Waals surface area contributed by atoms with E-state index in [1.807, 2.05) is 13.8 Å². The van der Waals surface area contributed by atoms with E-state index in [1.54, 1.807) is 11.8 Å². The molecule has 0 bridgehead atoms. The Hall–Kier alpha value is -0.720. The Balaban J connectivity index is 4.32. The van der Waals surface area contributed by atoms with Gasteiger partial charge in [-0.2, -0.15) is 0 Å². The topological polar surface area (TPSA) is 75.8 Å². The Morgan fingerprint density at radius 2 is 2.00 bits per heavy atom. The smallest absolute Gasteiger partial charge is 0.232 e. The van der Waals surface area contributed by atoms with Crippen LogP contribution in [-0.2, 0) is 9.53 Å². The third-order valence-corrected chi connectivity index (χ3v) is 2.77. The Morgan fingerprint density at radius 1 is 1.41 bits per heavy atom. The molecule has 6 heteroatoms. The van der Waals surface area contributed by atoms with Crippen molar-refractivity contribution in [3.63, 3.8) is 0 Å². The van der Waals surface area contributed by atoms with Gasteiger partial charge in [0.2, 0.25) is 5.91 Å². The van der Waals surface area contributed by atoms with Gasteiger partial charge in [0.25, 0.3) is 0 Å². The van der Waals surface area contributed by atoms with Crippen molar-refractivity contribution in [2.24, 2.45) is 11.7 Å². The van der Waals surface area contributed by atoms with Crippen LogP contribution >= 0.6 is 12.2 Å². The molecule has 0 saturated carbocycles. The van der Waals surface area contributed by atoms with Crippen LogP contribution in [0.5, 0.6) is 0 Å². The second-order valence-electron chi connectivity index (χ2n) is 4.09. The van der Waals surface area contributed by atoms with Crippen LogP contribution in [0.25, 0.3) is 0 Å². The number of rotatable bonds is 8. The predicted octanol–water partition coefficient (Wildman–Crippen LogP) is 0.154. The lowest BCUT2D eigenvalue weighted by Crippen LogP contribution is -2.45. The minimum absolute atomic E-state index is 0.0150. The number of ether oxygens (including phenoxy) is 1. The summed E-state index contributed by atoms with van der Waals surface area (Å²) in [4.78, 5) is 13.9. The number of thiocarbonyl (C=S) groups is 1. The van der Waals surface area contributed by atoms with Gasteiger partial charge < -0.3 is 20.5 Å². The van der Waals surface area contributed by atoms with Crippen molar-refractivity contribution in [2.45, 2.75) is 26.8 Å². The van der Waals surface area contributed by atoms with Gasteiger partial charge in [-0.15, -0.1) is 0 Å². The largest absolute Gasteiger partial charge is 0.394 e.